The van der Waals surface area contributed by atoms with Crippen LogP contribution in [-0.2, 0) is 6.42 Å². The second-order valence-electron chi connectivity index (χ2n) is 6.48. The van der Waals surface area contributed by atoms with Gasteiger partial charge in [0.25, 0.3) is 0 Å². The molecule has 0 radical (unpaired) electrons. The van der Waals surface area contributed by atoms with Crippen LogP contribution < -0.4 is 0 Å². The third-order valence-corrected chi connectivity index (χ3v) is 6.09. The lowest BCUT2D eigenvalue weighted by Crippen LogP contribution is -2.03. The summed E-state index contributed by atoms with van der Waals surface area (Å²) < 4.78 is 13.9. The first kappa shape index (κ1) is 15.5. The van der Waals surface area contributed by atoms with E-state index in [9.17, 15) is 4.39 Å². The second kappa shape index (κ2) is 6.10. The Morgan fingerprint density at radius 2 is 1.58 bits per heavy atom. The Hall–Kier alpha value is -2.06. The summed E-state index contributed by atoms with van der Waals surface area (Å²) in [5.41, 5.74) is 5.74. The maximum Gasteiger partial charge on any atom is 0.126 e. The molecule has 3 aromatic carbocycles. The fourth-order valence-corrected chi connectivity index (χ4v) is 4.30. The number of benzene rings is 3. The molecular formula is C22H19FS. The summed E-state index contributed by atoms with van der Waals surface area (Å²) in [5.74, 6) is 0.0642. The minimum absolute atomic E-state index is 0.123. The third-order valence-electron chi connectivity index (χ3n) is 4.85. The van der Waals surface area contributed by atoms with Crippen LogP contribution in [0.1, 0.15) is 40.7 Å². The van der Waals surface area contributed by atoms with E-state index in [1.54, 1.807) is 13.0 Å². The van der Waals surface area contributed by atoms with Crippen LogP contribution in [0.5, 0.6) is 0 Å². The van der Waals surface area contributed by atoms with E-state index in [0.29, 0.717) is 5.56 Å². The lowest BCUT2D eigenvalue weighted by Gasteiger charge is -2.21. The highest BCUT2D eigenvalue weighted by Crippen LogP contribution is 2.40. The van der Waals surface area contributed by atoms with Crippen molar-refractivity contribution in [3.63, 3.8) is 0 Å². The SMILES string of the molecule is Cc1ccc(C(C)c2ccc3c(c2)Cc2ccccc2S3)cc1F. The van der Waals surface area contributed by atoms with E-state index in [2.05, 4.69) is 49.4 Å². The molecule has 0 spiro atoms. The van der Waals surface area contributed by atoms with Gasteiger partial charge in [-0.2, -0.15) is 0 Å². The van der Waals surface area contributed by atoms with Gasteiger partial charge >= 0.3 is 0 Å². The maximum absolute atomic E-state index is 13.9. The minimum atomic E-state index is -0.123. The van der Waals surface area contributed by atoms with Gasteiger partial charge in [-0.1, -0.05) is 61.2 Å². The molecule has 2 heteroatoms. The number of rotatable bonds is 2. The van der Waals surface area contributed by atoms with Crippen LogP contribution in [0, 0.1) is 12.7 Å². The predicted molar refractivity (Wildman–Crippen MR) is 98.5 cm³/mol. The summed E-state index contributed by atoms with van der Waals surface area (Å²) in [6.07, 6.45) is 0.974. The average Bonchev–Trinajstić information content (AvgIpc) is 2.61. The zero-order valence-corrected chi connectivity index (χ0v) is 14.7. The van der Waals surface area contributed by atoms with E-state index >= 15 is 0 Å². The molecule has 0 N–H and O–H groups in total. The van der Waals surface area contributed by atoms with E-state index in [-0.39, 0.29) is 11.7 Å². The van der Waals surface area contributed by atoms with Crippen LogP contribution >= 0.6 is 11.8 Å². The lowest BCUT2D eigenvalue weighted by atomic mass is 9.90. The van der Waals surface area contributed by atoms with Crippen molar-refractivity contribution in [2.75, 3.05) is 0 Å². The van der Waals surface area contributed by atoms with Gasteiger partial charge in [-0.3, -0.25) is 0 Å². The molecule has 0 saturated carbocycles. The predicted octanol–water partition coefficient (Wildman–Crippen LogP) is 6.34. The Bertz CT molecular complexity index is 914. The van der Waals surface area contributed by atoms with Crippen molar-refractivity contribution in [3.05, 3.63) is 94.3 Å². The van der Waals surface area contributed by atoms with Crippen LogP contribution in [-0.4, -0.2) is 0 Å². The Kier molecular flexibility index (Phi) is 3.93. The Balaban J connectivity index is 1.67. The van der Waals surface area contributed by atoms with E-state index in [1.165, 1.54) is 26.5 Å². The summed E-state index contributed by atoms with van der Waals surface area (Å²) in [4.78, 5) is 2.69. The highest BCUT2D eigenvalue weighted by molar-refractivity contribution is 7.99. The van der Waals surface area contributed by atoms with Gasteiger partial charge in [0.2, 0.25) is 0 Å². The molecule has 3 aromatic rings. The van der Waals surface area contributed by atoms with Crippen molar-refractivity contribution in [2.24, 2.45) is 0 Å². The number of hydrogen-bond donors (Lipinski definition) is 0. The Labute approximate surface area is 146 Å². The average molecular weight is 334 g/mol. The smallest absolute Gasteiger partial charge is 0.126 e. The molecule has 1 atom stereocenters. The molecule has 0 nitrogen and oxygen atoms in total. The monoisotopic (exact) mass is 334 g/mol. The molecule has 1 heterocycles. The number of aryl methyl sites for hydroxylation is 1. The van der Waals surface area contributed by atoms with Crippen molar-refractivity contribution < 1.29 is 4.39 Å². The maximum atomic E-state index is 13.9. The summed E-state index contributed by atoms with van der Waals surface area (Å²) in [7, 11) is 0. The first-order valence-corrected chi connectivity index (χ1v) is 9.08. The third kappa shape index (κ3) is 2.76. The van der Waals surface area contributed by atoms with Crippen LogP contribution in [0.4, 0.5) is 4.39 Å². The van der Waals surface area contributed by atoms with Crippen LogP contribution in [0.3, 0.4) is 0 Å². The van der Waals surface area contributed by atoms with E-state index in [0.717, 1.165) is 12.0 Å². The topological polar surface area (TPSA) is 0 Å². The zero-order chi connectivity index (χ0) is 16.7. The summed E-state index contributed by atoms with van der Waals surface area (Å²) in [6, 6.07) is 20.9. The molecule has 0 amide bonds. The van der Waals surface area contributed by atoms with Gasteiger partial charge in [0.15, 0.2) is 0 Å². The van der Waals surface area contributed by atoms with Crippen molar-refractivity contribution in [3.8, 4) is 0 Å². The highest BCUT2D eigenvalue weighted by Gasteiger charge is 2.18. The summed E-state index contributed by atoms with van der Waals surface area (Å²) >= 11 is 1.84. The van der Waals surface area contributed by atoms with Crippen LogP contribution in [0.25, 0.3) is 0 Å². The molecule has 120 valence electrons. The largest absolute Gasteiger partial charge is 0.207 e. The first-order valence-electron chi connectivity index (χ1n) is 8.26. The molecule has 24 heavy (non-hydrogen) atoms. The summed E-state index contributed by atoms with van der Waals surface area (Å²) in [5, 5.41) is 0. The van der Waals surface area contributed by atoms with Gasteiger partial charge in [-0.15, -0.1) is 0 Å². The molecule has 0 saturated heterocycles. The van der Waals surface area contributed by atoms with Crippen LogP contribution in [0.2, 0.25) is 0 Å². The summed E-state index contributed by atoms with van der Waals surface area (Å²) in [6.45, 7) is 3.95. The van der Waals surface area contributed by atoms with Crippen LogP contribution in [0.15, 0.2) is 70.5 Å². The molecule has 0 aromatic heterocycles. The molecule has 0 aliphatic carbocycles. The lowest BCUT2D eigenvalue weighted by molar-refractivity contribution is 0.615. The minimum Gasteiger partial charge on any atom is -0.207 e. The standard InChI is InChI=1S/C22H19FS/c1-14-7-8-17(13-20(14)23)15(2)16-9-10-22-19(11-16)12-18-5-3-4-6-21(18)24-22/h3-11,13,15H,12H2,1-2H3. The van der Waals surface area contributed by atoms with E-state index in [4.69, 9.17) is 0 Å². The van der Waals surface area contributed by atoms with Gasteiger partial charge in [0, 0.05) is 15.7 Å². The Morgan fingerprint density at radius 1 is 0.875 bits per heavy atom. The fourth-order valence-electron chi connectivity index (χ4n) is 3.25. The van der Waals surface area contributed by atoms with Gasteiger partial charge < -0.3 is 0 Å². The molecule has 1 aliphatic rings. The Morgan fingerprint density at radius 3 is 2.42 bits per heavy atom. The van der Waals surface area contributed by atoms with Gasteiger partial charge in [0.1, 0.15) is 5.82 Å². The fraction of sp³-hybridized carbons (Fsp3) is 0.182. The number of hydrogen-bond acceptors (Lipinski definition) is 1. The highest BCUT2D eigenvalue weighted by atomic mass is 32.2. The second-order valence-corrected chi connectivity index (χ2v) is 7.57. The quantitative estimate of drug-likeness (QED) is 0.412. The van der Waals surface area contributed by atoms with Crippen molar-refractivity contribution in [1.82, 2.24) is 0 Å². The molecule has 0 bridgehead atoms. The first-order chi connectivity index (χ1) is 11.6. The molecule has 1 aliphatic heterocycles. The number of fused-ring (bicyclic) bond motifs is 2. The van der Waals surface area contributed by atoms with Gasteiger partial charge in [-0.05, 0) is 59.4 Å². The molecule has 0 fully saturated rings. The van der Waals surface area contributed by atoms with Gasteiger partial charge in [0.05, 0.1) is 0 Å². The molecule has 4 rings (SSSR count). The van der Waals surface area contributed by atoms with E-state index < -0.39 is 0 Å². The van der Waals surface area contributed by atoms with Crippen molar-refractivity contribution in [1.29, 1.82) is 0 Å². The normalized spacial score (nSPS) is 14.0. The molecule has 1 unspecified atom stereocenters. The van der Waals surface area contributed by atoms with Crippen molar-refractivity contribution in [2.45, 2.75) is 36.0 Å². The number of halogens is 1. The van der Waals surface area contributed by atoms with Crippen molar-refractivity contribution >= 4 is 11.8 Å². The van der Waals surface area contributed by atoms with E-state index in [1.807, 2.05) is 23.9 Å². The van der Waals surface area contributed by atoms with Gasteiger partial charge in [-0.25, -0.2) is 4.39 Å². The molecular weight excluding hydrogens is 315 g/mol. The zero-order valence-electron chi connectivity index (χ0n) is 13.8.